The average Bonchev–Trinajstić information content (AvgIpc) is 3.08. The fourth-order valence-electron chi connectivity index (χ4n) is 2.75. The zero-order chi connectivity index (χ0) is 18.6. The number of benzene rings is 2. The van der Waals surface area contributed by atoms with Crippen molar-refractivity contribution in [3.05, 3.63) is 71.9 Å². The van der Waals surface area contributed by atoms with E-state index in [2.05, 4.69) is 20.4 Å². The number of rotatable bonds is 6. The van der Waals surface area contributed by atoms with E-state index in [1.54, 1.807) is 10.9 Å². The highest BCUT2D eigenvalue weighted by Crippen LogP contribution is 2.19. The van der Waals surface area contributed by atoms with E-state index >= 15 is 0 Å². The highest BCUT2D eigenvalue weighted by atomic mass is 16.5. The fourth-order valence-corrected chi connectivity index (χ4v) is 2.75. The molecule has 0 spiro atoms. The van der Waals surface area contributed by atoms with Gasteiger partial charge in [-0.15, -0.1) is 0 Å². The van der Waals surface area contributed by atoms with Crippen LogP contribution in [0.1, 0.15) is 11.1 Å². The number of hydrogen-bond donors (Lipinski definition) is 2. The van der Waals surface area contributed by atoms with Crippen molar-refractivity contribution in [2.24, 2.45) is 7.05 Å². The molecule has 136 valence electrons. The first kappa shape index (κ1) is 16.8. The molecule has 0 fully saturated rings. The molecular weight excluding hydrogens is 340 g/mol. The minimum atomic E-state index is 0.417. The van der Waals surface area contributed by atoms with Gasteiger partial charge in [0.15, 0.2) is 5.65 Å². The van der Waals surface area contributed by atoms with Crippen molar-refractivity contribution < 1.29 is 4.74 Å². The number of ether oxygens (including phenoxy) is 1. The number of hydrogen-bond acceptors (Lipinski definition) is 6. The van der Waals surface area contributed by atoms with Gasteiger partial charge in [0.05, 0.1) is 11.6 Å². The number of nitrogens with one attached hydrogen (secondary N) is 1. The summed E-state index contributed by atoms with van der Waals surface area (Å²) >= 11 is 0. The van der Waals surface area contributed by atoms with Crippen molar-refractivity contribution >= 4 is 22.8 Å². The third-order valence-corrected chi connectivity index (χ3v) is 4.24. The van der Waals surface area contributed by atoms with E-state index in [4.69, 9.17) is 10.5 Å². The van der Waals surface area contributed by atoms with Gasteiger partial charge in [0.1, 0.15) is 18.2 Å². The van der Waals surface area contributed by atoms with E-state index in [-0.39, 0.29) is 0 Å². The Balaban J connectivity index is 1.38. The number of aromatic nitrogens is 4. The molecule has 0 aliphatic carbocycles. The van der Waals surface area contributed by atoms with Crippen LogP contribution in [-0.2, 0) is 20.2 Å². The van der Waals surface area contributed by atoms with Gasteiger partial charge in [0.2, 0.25) is 5.95 Å². The van der Waals surface area contributed by atoms with E-state index < -0.39 is 0 Å². The quantitative estimate of drug-likeness (QED) is 0.549. The smallest absolute Gasteiger partial charge is 0.226 e. The molecule has 0 unspecified atom stereocenters. The maximum atomic E-state index is 5.98. The largest absolute Gasteiger partial charge is 0.489 e. The number of anilines is 2. The van der Waals surface area contributed by atoms with E-state index in [9.17, 15) is 0 Å². The van der Waals surface area contributed by atoms with Gasteiger partial charge >= 0.3 is 0 Å². The van der Waals surface area contributed by atoms with E-state index in [0.717, 1.165) is 22.3 Å². The second-order valence-electron chi connectivity index (χ2n) is 6.21. The standard InChI is InChI=1S/C20H20N6O/c1-26-19-17(12-23-26)18(21)24-20(25-19)22-11-14-7-9-16(10-8-14)27-13-15-5-3-2-4-6-15/h2-10,12H,11,13H2,1H3,(H3,21,22,24,25). The molecule has 4 aromatic rings. The minimum Gasteiger partial charge on any atom is -0.489 e. The molecule has 0 amide bonds. The predicted octanol–water partition coefficient (Wildman–Crippen LogP) is 3.14. The normalized spacial score (nSPS) is 10.9. The monoisotopic (exact) mass is 360 g/mol. The van der Waals surface area contributed by atoms with Crippen LogP contribution < -0.4 is 15.8 Å². The van der Waals surface area contributed by atoms with Gasteiger partial charge in [-0.2, -0.15) is 15.1 Å². The van der Waals surface area contributed by atoms with Crippen LogP contribution in [0.3, 0.4) is 0 Å². The van der Waals surface area contributed by atoms with Crippen molar-refractivity contribution in [1.29, 1.82) is 0 Å². The molecule has 27 heavy (non-hydrogen) atoms. The van der Waals surface area contributed by atoms with Gasteiger partial charge in [0.25, 0.3) is 0 Å². The summed E-state index contributed by atoms with van der Waals surface area (Å²) in [6.45, 7) is 1.14. The molecule has 7 nitrogen and oxygen atoms in total. The molecule has 0 saturated heterocycles. The Morgan fingerprint density at radius 2 is 1.78 bits per heavy atom. The number of fused-ring (bicyclic) bond motifs is 1. The summed E-state index contributed by atoms with van der Waals surface area (Å²) in [5.41, 5.74) is 8.92. The summed E-state index contributed by atoms with van der Waals surface area (Å²) in [5, 5.41) is 8.11. The Kier molecular flexibility index (Phi) is 4.57. The first-order valence-corrected chi connectivity index (χ1v) is 8.64. The summed E-state index contributed by atoms with van der Waals surface area (Å²) in [6, 6.07) is 18.0. The SMILES string of the molecule is Cn1ncc2c(N)nc(NCc3ccc(OCc4ccccc4)cc3)nc21. The molecule has 3 N–H and O–H groups in total. The second kappa shape index (κ2) is 7.33. The Morgan fingerprint density at radius 1 is 1.00 bits per heavy atom. The summed E-state index contributed by atoms with van der Waals surface area (Å²) in [7, 11) is 1.83. The first-order valence-electron chi connectivity index (χ1n) is 8.64. The Morgan fingerprint density at radius 3 is 2.56 bits per heavy atom. The molecule has 0 atom stereocenters. The van der Waals surface area contributed by atoms with Crippen LogP contribution >= 0.6 is 0 Å². The van der Waals surface area contributed by atoms with Gasteiger partial charge in [-0.3, -0.25) is 4.68 Å². The van der Waals surface area contributed by atoms with Gasteiger partial charge in [-0.05, 0) is 23.3 Å². The van der Waals surface area contributed by atoms with Crippen LogP contribution in [-0.4, -0.2) is 19.7 Å². The van der Waals surface area contributed by atoms with Crippen LogP contribution in [0.2, 0.25) is 0 Å². The van der Waals surface area contributed by atoms with Crippen LogP contribution in [0, 0.1) is 0 Å². The number of aryl methyl sites for hydroxylation is 1. The van der Waals surface area contributed by atoms with Crippen LogP contribution in [0.4, 0.5) is 11.8 Å². The third-order valence-electron chi connectivity index (χ3n) is 4.24. The zero-order valence-corrected chi connectivity index (χ0v) is 15.0. The second-order valence-corrected chi connectivity index (χ2v) is 6.21. The molecule has 0 saturated carbocycles. The van der Waals surface area contributed by atoms with Crippen molar-refractivity contribution in [3.63, 3.8) is 0 Å². The van der Waals surface area contributed by atoms with Gasteiger partial charge < -0.3 is 15.8 Å². The lowest BCUT2D eigenvalue weighted by Gasteiger charge is -2.09. The molecule has 0 aliphatic rings. The topological polar surface area (TPSA) is 90.9 Å². The number of nitrogen functional groups attached to an aromatic ring is 1. The first-order chi connectivity index (χ1) is 13.2. The lowest BCUT2D eigenvalue weighted by molar-refractivity contribution is 0.306. The van der Waals surface area contributed by atoms with Crippen LogP contribution in [0.15, 0.2) is 60.8 Å². The van der Waals surface area contributed by atoms with E-state index in [1.807, 2.05) is 61.6 Å². The van der Waals surface area contributed by atoms with Crippen molar-refractivity contribution in [2.75, 3.05) is 11.1 Å². The molecule has 0 bridgehead atoms. The maximum Gasteiger partial charge on any atom is 0.226 e. The fraction of sp³-hybridized carbons (Fsp3) is 0.150. The highest BCUT2D eigenvalue weighted by Gasteiger charge is 2.09. The highest BCUT2D eigenvalue weighted by molar-refractivity contribution is 5.86. The van der Waals surface area contributed by atoms with Crippen molar-refractivity contribution in [1.82, 2.24) is 19.7 Å². The Bertz CT molecular complexity index is 1040. The van der Waals surface area contributed by atoms with Gasteiger partial charge in [-0.1, -0.05) is 42.5 Å². The van der Waals surface area contributed by atoms with Crippen molar-refractivity contribution in [2.45, 2.75) is 13.2 Å². The lowest BCUT2D eigenvalue weighted by atomic mass is 10.2. The molecular formula is C20H20N6O. The molecule has 0 radical (unpaired) electrons. The van der Waals surface area contributed by atoms with Gasteiger partial charge in [-0.25, -0.2) is 0 Å². The summed E-state index contributed by atoms with van der Waals surface area (Å²) in [4.78, 5) is 8.75. The molecule has 4 rings (SSSR count). The predicted molar refractivity (Wildman–Crippen MR) is 105 cm³/mol. The minimum absolute atomic E-state index is 0.417. The van der Waals surface area contributed by atoms with Crippen LogP contribution in [0.5, 0.6) is 5.75 Å². The average molecular weight is 360 g/mol. The summed E-state index contributed by atoms with van der Waals surface area (Å²) in [5.74, 6) is 1.73. The Hall–Kier alpha value is -3.61. The van der Waals surface area contributed by atoms with E-state index in [1.165, 1.54) is 0 Å². The number of nitrogens with two attached hydrogens (primary N) is 1. The maximum absolute atomic E-state index is 5.98. The Labute approximate surface area is 156 Å². The zero-order valence-electron chi connectivity index (χ0n) is 15.0. The molecule has 0 aliphatic heterocycles. The van der Waals surface area contributed by atoms with Crippen molar-refractivity contribution in [3.8, 4) is 5.75 Å². The molecule has 2 aromatic carbocycles. The lowest BCUT2D eigenvalue weighted by Crippen LogP contribution is -2.06. The van der Waals surface area contributed by atoms with E-state index in [0.29, 0.717) is 30.6 Å². The van der Waals surface area contributed by atoms with Crippen LogP contribution in [0.25, 0.3) is 11.0 Å². The molecule has 7 heteroatoms. The van der Waals surface area contributed by atoms with Gasteiger partial charge in [0, 0.05) is 13.6 Å². The third kappa shape index (κ3) is 3.82. The summed E-state index contributed by atoms with van der Waals surface area (Å²) < 4.78 is 7.48. The summed E-state index contributed by atoms with van der Waals surface area (Å²) in [6.07, 6.45) is 1.67. The molecule has 2 aromatic heterocycles. The number of nitrogens with zero attached hydrogens (tertiary/aromatic N) is 4. The molecule has 2 heterocycles.